The lowest BCUT2D eigenvalue weighted by Crippen LogP contribution is -2.43. The van der Waals surface area contributed by atoms with Gasteiger partial charge in [-0.2, -0.15) is 0 Å². The Bertz CT molecular complexity index is 485. The van der Waals surface area contributed by atoms with Crippen molar-refractivity contribution in [3.05, 3.63) is 24.3 Å². The smallest absolute Gasteiger partial charge is 0.238 e. The number of likely N-dealkylation sites (tertiary alicyclic amines) is 1. The predicted molar refractivity (Wildman–Crippen MR) is 90.2 cm³/mol. The molecular formula is C17H27N3O2. The fourth-order valence-electron chi connectivity index (χ4n) is 2.88. The quantitative estimate of drug-likeness (QED) is 0.871. The van der Waals surface area contributed by atoms with E-state index in [1.54, 1.807) is 0 Å². The second kappa shape index (κ2) is 7.61. The summed E-state index contributed by atoms with van der Waals surface area (Å²) in [5.74, 6) is 0.282. The second-order valence-electron chi connectivity index (χ2n) is 6.37. The fourth-order valence-corrected chi connectivity index (χ4v) is 2.88. The number of hydrogen-bond donors (Lipinski definition) is 2. The summed E-state index contributed by atoms with van der Waals surface area (Å²) in [4.78, 5) is 16.3. The van der Waals surface area contributed by atoms with Crippen molar-refractivity contribution in [3.63, 3.8) is 0 Å². The van der Waals surface area contributed by atoms with Crippen LogP contribution in [0.4, 0.5) is 11.4 Å². The number of aliphatic hydroxyl groups is 1. The van der Waals surface area contributed by atoms with Crippen LogP contribution in [0.1, 0.15) is 19.8 Å². The van der Waals surface area contributed by atoms with E-state index in [1.807, 2.05) is 50.2 Å². The number of nitrogens with one attached hydrogen (secondary N) is 1. The van der Waals surface area contributed by atoms with Crippen molar-refractivity contribution in [3.8, 4) is 0 Å². The molecule has 2 atom stereocenters. The molecule has 1 aromatic carbocycles. The van der Waals surface area contributed by atoms with Crippen molar-refractivity contribution < 1.29 is 9.90 Å². The first-order valence-corrected chi connectivity index (χ1v) is 7.93. The van der Waals surface area contributed by atoms with E-state index in [0.717, 1.165) is 37.3 Å². The van der Waals surface area contributed by atoms with Crippen molar-refractivity contribution in [2.24, 2.45) is 5.92 Å². The zero-order valence-corrected chi connectivity index (χ0v) is 13.7. The second-order valence-corrected chi connectivity index (χ2v) is 6.37. The maximum atomic E-state index is 12.2. The van der Waals surface area contributed by atoms with E-state index in [1.165, 1.54) is 0 Å². The molecule has 1 aliphatic heterocycles. The minimum Gasteiger partial charge on any atom is -0.393 e. The Morgan fingerprint density at radius 3 is 2.68 bits per heavy atom. The van der Waals surface area contributed by atoms with Gasteiger partial charge in [-0.1, -0.05) is 0 Å². The van der Waals surface area contributed by atoms with Crippen LogP contribution >= 0.6 is 0 Å². The van der Waals surface area contributed by atoms with Crippen LogP contribution in [-0.4, -0.2) is 55.7 Å². The largest absolute Gasteiger partial charge is 0.393 e. The number of benzene rings is 1. The number of nitrogens with zero attached hydrogens (tertiary/aromatic N) is 2. The number of amides is 1. The number of rotatable bonds is 5. The van der Waals surface area contributed by atoms with Gasteiger partial charge < -0.3 is 15.3 Å². The highest BCUT2D eigenvalue weighted by Crippen LogP contribution is 2.20. The molecule has 1 fully saturated rings. The van der Waals surface area contributed by atoms with Crippen LogP contribution in [0.15, 0.2) is 24.3 Å². The molecule has 0 spiro atoms. The number of carbonyl (C=O) groups excluding carboxylic acids is 1. The lowest BCUT2D eigenvalue weighted by molar-refractivity contribution is -0.118. The first kappa shape index (κ1) is 16.8. The topological polar surface area (TPSA) is 55.8 Å². The first-order valence-electron chi connectivity index (χ1n) is 7.93. The van der Waals surface area contributed by atoms with Gasteiger partial charge in [-0.3, -0.25) is 9.69 Å². The Morgan fingerprint density at radius 1 is 1.41 bits per heavy atom. The molecule has 5 nitrogen and oxygen atoms in total. The highest BCUT2D eigenvalue weighted by molar-refractivity contribution is 5.92. The molecule has 0 aliphatic carbocycles. The van der Waals surface area contributed by atoms with Crippen molar-refractivity contribution >= 4 is 17.3 Å². The average Bonchev–Trinajstić information content (AvgIpc) is 2.47. The lowest BCUT2D eigenvalue weighted by Gasteiger charge is -2.33. The summed E-state index contributed by atoms with van der Waals surface area (Å²) < 4.78 is 0. The third-order valence-electron chi connectivity index (χ3n) is 4.26. The first-order chi connectivity index (χ1) is 10.5. The van der Waals surface area contributed by atoms with Crippen molar-refractivity contribution in [2.45, 2.75) is 25.9 Å². The van der Waals surface area contributed by atoms with E-state index in [2.05, 4.69) is 10.2 Å². The van der Waals surface area contributed by atoms with Gasteiger partial charge in [0.25, 0.3) is 0 Å². The highest BCUT2D eigenvalue weighted by Gasteiger charge is 2.24. The summed E-state index contributed by atoms with van der Waals surface area (Å²) >= 11 is 0. The molecule has 2 unspecified atom stereocenters. The summed E-state index contributed by atoms with van der Waals surface area (Å²) in [6, 6.07) is 7.81. The van der Waals surface area contributed by atoms with Gasteiger partial charge in [0.15, 0.2) is 0 Å². The molecule has 122 valence electrons. The van der Waals surface area contributed by atoms with Crippen LogP contribution in [-0.2, 0) is 4.79 Å². The normalized spacial score (nSPS) is 20.5. The van der Waals surface area contributed by atoms with E-state index in [0.29, 0.717) is 6.54 Å². The van der Waals surface area contributed by atoms with Gasteiger partial charge >= 0.3 is 0 Å². The molecule has 0 bridgehead atoms. The minimum absolute atomic E-state index is 0.00356. The van der Waals surface area contributed by atoms with Gasteiger partial charge in [-0.15, -0.1) is 0 Å². The zero-order chi connectivity index (χ0) is 16.1. The molecule has 2 N–H and O–H groups in total. The van der Waals surface area contributed by atoms with E-state index in [9.17, 15) is 9.90 Å². The lowest BCUT2D eigenvalue weighted by atomic mass is 9.93. The van der Waals surface area contributed by atoms with Gasteiger partial charge in [0.05, 0.1) is 12.6 Å². The summed E-state index contributed by atoms with van der Waals surface area (Å²) in [5.41, 5.74) is 1.92. The predicted octanol–water partition coefficient (Wildman–Crippen LogP) is 1.78. The Kier molecular flexibility index (Phi) is 5.80. The van der Waals surface area contributed by atoms with Crippen LogP contribution in [0.5, 0.6) is 0 Å². The Balaban J connectivity index is 1.84. The van der Waals surface area contributed by atoms with E-state index < -0.39 is 0 Å². The molecule has 5 heteroatoms. The number of hydrogen-bond acceptors (Lipinski definition) is 4. The molecule has 1 heterocycles. The molecule has 0 saturated carbocycles. The number of anilines is 2. The van der Waals surface area contributed by atoms with Crippen LogP contribution in [0.2, 0.25) is 0 Å². The molecule has 1 amide bonds. The van der Waals surface area contributed by atoms with Gasteiger partial charge in [0, 0.05) is 32.0 Å². The monoisotopic (exact) mass is 305 g/mol. The average molecular weight is 305 g/mol. The SMILES string of the molecule is CC(O)C1CCCN(CC(=O)Nc2ccc(N(C)C)cc2)C1. The molecule has 1 saturated heterocycles. The minimum atomic E-state index is -0.301. The summed E-state index contributed by atoms with van der Waals surface area (Å²) in [6.45, 7) is 3.94. The Hall–Kier alpha value is -1.59. The van der Waals surface area contributed by atoms with Gasteiger partial charge in [0.2, 0.25) is 5.91 Å². The molecule has 1 aromatic rings. The third kappa shape index (κ3) is 4.71. The fraction of sp³-hybridized carbons (Fsp3) is 0.588. The Morgan fingerprint density at radius 2 is 2.09 bits per heavy atom. The maximum absolute atomic E-state index is 12.2. The Labute approximate surface area is 132 Å². The van der Waals surface area contributed by atoms with Gasteiger partial charge in [0.1, 0.15) is 0 Å². The summed E-state index contributed by atoms with van der Waals surface area (Å²) in [7, 11) is 3.98. The summed E-state index contributed by atoms with van der Waals surface area (Å²) in [6.07, 6.45) is 1.78. The third-order valence-corrected chi connectivity index (χ3v) is 4.26. The molecule has 0 aromatic heterocycles. The van der Waals surface area contributed by atoms with Crippen molar-refractivity contribution in [1.82, 2.24) is 4.90 Å². The zero-order valence-electron chi connectivity index (χ0n) is 13.7. The van der Waals surface area contributed by atoms with Crippen LogP contribution in [0.25, 0.3) is 0 Å². The molecule has 22 heavy (non-hydrogen) atoms. The van der Waals surface area contributed by atoms with Gasteiger partial charge in [-0.25, -0.2) is 0 Å². The van der Waals surface area contributed by atoms with Crippen LogP contribution in [0, 0.1) is 5.92 Å². The molecular weight excluding hydrogens is 278 g/mol. The van der Waals surface area contributed by atoms with Crippen molar-refractivity contribution in [1.29, 1.82) is 0 Å². The summed E-state index contributed by atoms with van der Waals surface area (Å²) in [5, 5.41) is 12.6. The number of piperidine rings is 1. The van der Waals surface area contributed by atoms with Crippen LogP contribution < -0.4 is 10.2 Å². The molecule has 1 aliphatic rings. The molecule has 0 radical (unpaired) electrons. The number of carbonyl (C=O) groups is 1. The van der Waals surface area contributed by atoms with E-state index in [-0.39, 0.29) is 17.9 Å². The van der Waals surface area contributed by atoms with E-state index in [4.69, 9.17) is 0 Å². The highest BCUT2D eigenvalue weighted by atomic mass is 16.3. The standard InChI is InChI=1S/C17H27N3O2/c1-13(21)14-5-4-10-20(11-14)12-17(22)18-15-6-8-16(9-7-15)19(2)3/h6-9,13-14,21H,4-5,10-12H2,1-3H3,(H,18,22). The van der Waals surface area contributed by atoms with Crippen molar-refractivity contribution in [2.75, 3.05) is 43.9 Å². The van der Waals surface area contributed by atoms with Gasteiger partial charge in [-0.05, 0) is 56.5 Å². The number of aliphatic hydroxyl groups excluding tert-OH is 1. The van der Waals surface area contributed by atoms with E-state index >= 15 is 0 Å². The molecule has 2 rings (SSSR count). The van der Waals surface area contributed by atoms with Crippen LogP contribution in [0.3, 0.4) is 0 Å². The maximum Gasteiger partial charge on any atom is 0.238 e.